The van der Waals surface area contributed by atoms with Gasteiger partial charge in [0.05, 0.1) is 0 Å². The van der Waals surface area contributed by atoms with Gasteiger partial charge in [0.2, 0.25) is 0 Å². The molecule has 0 heterocycles. The molecule has 75 heavy (non-hydrogen) atoms. The van der Waals surface area contributed by atoms with Gasteiger partial charge in [-0.25, -0.2) is 0 Å². The van der Waals surface area contributed by atoms with Crippen LogP contribution in [0.25, 0.3) is 0 Å². The quantitative estimate of drug-likeness (QED) is 0.0261. The molecule has 0 aromatic rings. The first-order valence-electron chi connectivity index (χ1n) is 30.3. The third-order valence-corrected chi connectivity index (χ3v) is 12.3. The summed E-state index contributed by atoms with van der Waals surface area (Å²) in [5.74, 6) is -0.985. The van der Waals surface area contributed by atoms with Crippen molar-refractivity contribution >= 4 is 17.9 Å². The van der Waals surface area contributed by atoms with Crippen LogP contribution in [-0.2, 0) is 28.6 Å². The molecule has 1 atom stereocenters. The minimum absolute atomic E-state index is 0.112. The van der Waals surface area contributed by atoms with Crippen molar-refractivity contribution in [2.45, 2.75) is 258 Å². The Morgan fingerprint density at radius 1 is 0.280 bits per heavy atom. The molecule has 0 bridgehead atoms. The summed E-state index contributed by atoms with van der Waals surface area (Å²) in [6.07, 6.45) is 88.4. The molecule has 1 unspecified atom stereocenters. The van der Waals surface area contributed by atoms with Crippen LogP contribution < -0.4 is 0 Å². The van der Waals surface area contributed by atoms with Gasteiger partial charge >= 0.3 is 17.9 Å². The Kier molecular flexibility index (Phi) is 58.0. The first kappa shape index (κ1) is 70.3. The first-order valence-corrected chi connectivity index (χ1v) is 30.3. The fourth-order valence-corrected chi connectivity index (χ4v) is 7.82. The zero-order chi connectivity index (χ0) is 54.3. The van der Waals surface area contributed by atoms with Gasteiger partial charge in [-0.1, -0.05) is 237 Å². The van der Waals surface area contributed by atoms with E-state index in [2.05, 4.69) is 167 Å². The van der Waals surface area contributed by atoms with Gasteiger partial charge in [0.1, 0.15) is 13.2 Å². The van der Waals surface area contributed by atoms with Gasteiger partial charge in [-0.15, -0.1) is 0 Å². The van der Waals surface area contributed by atoms with Crippen molar-refractivity contribution in [2.24, 2.45) is 0 Å². The first-order chi connectivity index (χ1) is 37.0. The monoisotopic (exact) mass is 1030 g/mol. The smallest absolute Gasteiger partial charge is 0.306 e. The van der Waals surface area contributed by atoms with Gasteiger partial charge in [-0.05, 0) is 141 Å². The lowest BCUT2D eigenvalue weighted by Crippen LogP contribution is -2.30. The zero-order valence-electron chi connectivity index (χ0n) is 48.3. The molecule has 0 aromatic heterocycles. The van der Waals surface area contributed by atoms with Crippen molar-refractivity contribution in [3.63, 3.8) is 0 Å². The van der Waals surface area contributed by atoms with E-state index in [0.717, 1.165) is 135 Å². The largest absolute Gasteiger partial charge is 0.462 e. The Morgan fingerprint density at radius 3 is 0.840 bits per heavy atom. The molecule has 0 saturated carbocycles. The van der Waals surface area contributed by atoms with Gasteiger partial charge in [-0.2, -0.15) is 0 Å². The number of allylic oxidation sites excluding steroid dienone is 24. The van der Waals surface area contributed by atoms with Crippen LogP contribution in [-0.4, -0.2) is 37.2 Å². The van der Waals surface area contributed by atoms with Crippen LogP contribution in [0.1, 0.15) is 252 Å². The molecule has 422 valence electrons. The normalized spacial score (nSPS) is 13.2. The maximum Gasteiger partial charge on any atom is 0.306 e. The Morgan fingerprint density at radius 2 is 0.520 bits per heavy atom. The number of ether oxygens (including phenoxy) is 3. The Labute approximate surface area is 461 Å². The van der Waals surface area contributed by atoms with Gasteiger partial charge in [0.25, 0.3) is 0 Å². The molecule has 0 amide bonds. The predicted molar refractivity (Wildman–Crippen MR) is 325 cm³/mol. The van der Waals surface area contributed by atoms with Crippen LogP contribution in [0.5, 0.6) is 0 Å². The van der Waals surface area contributed by atoms with Crippen LogP contribution in [0.3, 0.4) is 0 Å². The Bertz CT molecular complexity index is 1660. The van der Waals surface area contributed by atoms with E-state index in [9.17, 15) is 14.4 Å². The van der Waals surface area contributed by atoms with Crippen molar-refractivity contribution in [3.05, 3.63) is 146 Å². The van der Waals surface area contributed by atoms with E-state index in [1.54, 1.807) is 0 Å². The number of hydrogen-bond acceptors (Lipinski definition) is 6. The van der Waals surface area contributed by atoms with E-state index in [-0.39, 0.29) is 31.1 Å². The average Bonchev–Trinajstić information content (AvgIpc) is 3.41. The van der Waals surface area contributed by atoms with E-state index in [1.165, 1.54) is 70.6 Å². The van der Waals surface area contributed by atoms with E-state index < -0.39 is 6.10 Å². The molecule has 0 aromatic carbocycles. The number of carbonyl (C=O) groups excluding carboxylic acids is 3. The molecule has 0 rings (SSSR count). The Balaban J connectivity index is 4.54. The third-order valence-electron chi connectivity index (χ3n) is 12.3. The maximum absolute atomic E-state index is 12.9. The van der Waals surface area contributed by atoms with Gasteiger partial charge in [-0.3, -0.25) is 14.4 Å². The van der Waals surface area contributed by atoms with Crippen LogP contribution >= 0.6 is 0 Å². The summed E-state index contributed by atoms with van der Waals surface area (Å²) < 4.78 is 16.9. The molecular formula is C69H110O6. The highest BCUT2D eigenvalue weighted by molar-refractivity contribution is 5.71. The molecule has 0 aliphatic rings. The minimum Gasteiger partial charge on any atom is -0.462 e. The fraction of sp³-hybridized carbons (Fsp3) is 0.609. The molecular weight excluding hydrogens is 925 g/mol. The van der Waals surface area contributed by atoms with E-state index in [0.29, 0.717) is 25.7 Å². The van der Waals surface area contributed by atoms with Crippen LogP contribution in [0.2, 0.25) is 0 Å². The van der Waals surface area contributed by atoms with E-state index in [4.69, 9.17) is 14.2 Å². The third kappa shape index (κ3) is 60.0. The second-order valence-electron chi connectivity index (χ2n) is 19.5. The number of hydrogen-bond donors (Lipinski definition) is 0. The second kappa shape index (κ2) is 61.8. The summed E-state index contributed by atoms with van der Waals surface area (Å²) in [6, 6.07) is 0. The maximum atomic E-state index is 12.9. The highest BCUT2D eigenvalue weighted by Crippen LogP contribution is 2.14. The summed E-state index contributed by atoms with van der Waals surface area (Å²) in [5.41, 5.74) is 0. The number of carbonyl (C=O) groups is 3. The van der Waals surface area contributed by atoms with Crippen molar-refractivity contribution in [1.29, 1.82) is 0 Å². The average molecular weight is 1040 g/mol. The summed E-state index contributed by atoms with van der Waals surface area (Å²) in [7, 11) is 0. The van der Waals surface area contributed by atoms with Crippen molar-refractivity contribution < 1.29 is 28.6 Å². The summed E-state index contributed by atoms with van der Waals surface area (Å²) in [4.78, 5) is 38.3. The van der Waals surface area contributed by atoms with Crippen molar-refractivity contribution in [3.8, 4) is 0 Å². The zero-order valence-corrected chi connectivity index (χ0v) is 48.3. The highest BCUT2D eigenvalue weighted by Gasteiger charge is 2.19. The number of rotatable bonds is 53. The molecule has 6 nitrogen and oxygen atoms in total. The summed E-state index contributed by atoms with van der Waals surface area (Å²) in [6.45, 7) is 6.32. The van der Waals surface area contributed by atoms with Gasteiger partial charge in [0.15, 0.2) is 6.10 Å². The highest BCUT2D eigenvalue weighted by atomic mass is 16.6. The molecule has 0 aliphatic heterocycles. The van der Waals surface area contributed by atoms with Crippen molar-refractivity contribution in [2.75, 3.05) is 13.2 Å². The summed E-state index contributed by atoms with van der Waals surface area (Å²) in [5, 5.41) is 0. The lowest BCUT2D eigenvalue weighted by atomic mass is 10.1. The van der Waals surface area contributed by atoms with Crippen molar-refractivity contribution in [1.82, 2.24) is 0 Å². The molecule has 0 radical (unpaired) electrons. The fourth-order valence-electron chi connectivity index (χ4n) is 7.82. The number of unbranched alkanes of at least 4 members (excludes halogenated alkanes) is 18. The van der Waals surface area contributed by atoms with Crippen LogP contribution in [0.4, 0.5) is 0 Å². The Hall–Kier alpha value is -4.71. The molecule has 0 fully saturated rings. The van der Waals surface area contributed by atoms with Gasteiger partial charge < -0.3 is 14.2 Å². The molecule has 0 spiro atoms. The second-order valence-corrected chi connectivity index (χ2v) is 19.5. The van der Waals surface area contributed by atoms with E-state index >= 15 is 0 Å². The summed E-state index contributed by atoms with van der Waals surface area (Å²) >= 11 is 0. The van der Waals surface area contributed by atoms with Gasteiger partial charge in [0, 0.05) is 19.3 Å². The lowest BCUT2D eigenvalue weighted by Gasteiger charge is -2.18. The van der Waals surface area contributed by atoms with Crippen LogP contribution in [0.15, 0.2) is 146 Å². The van der Waals surface area contributed by atoms with E-state index in [1.807, 2.05) is 0 Å². The molecule has 0 saturated heterocycles. The predicted octanol–water partition coefficient (Wildman–Crippen LogP) is 20.8. The topological polar surface area (TPSA) is 78.9 Å². The van der Waals surface area contributed by atoms with Crippen LogP contribution in [0, 0.1) is 0 Å². The number of esters is 3. The molecule has 0 N–H and O–H groups in total. The SMILES string of the molecule is CC/C=C\C/C=C\C/C=C\C/C=C\C/C=C\C/C=C\CCCCC(=O)OCC(COC(=O)CCCCCC/C=C\C/C=C\C/C=C\C/C=C\CC)OC(=O)CCCCCCCCCCC/C=C\C/C=C\CCCCC. The molecule has 6 heteroatoms. The standard InChI is InChI=1S/C69H110O6/c1-4-7-10-13-16-19-22-25-28-31-33-34-36-38-41-44-47-50-53-56-59-62-68(71)74-65-66(64-73-67(70)61-58-55-52-49-46-43-40-37-30-27-24-21-18-15-12-9-6-3)75-69(72)63-60-57-54-51-48-45-42-39-35-32-29-26-23-20-17-14-11-8-5-2/h7,9-10,12,16-21,25-30,33-34,38,40-41,43,47,50,66H,4-6,8,11,13-15,22-24,31-32,35-37,39,42,44-46,48-49,51-65H2,1-3H3/b10-7-,12-9-,19-16-,20-17-,21-18-,28-25-,29-26-,30-27-,34-33-,41-38-,43-40-,50-47-. The molecule has 0 aliphatic carbocycles. The minimum atomic E-state index is -0.817. The lowest BCUT2D eigenvalue weighted by molar-refractivity contribution is -0.167.